The molecule has 0 fully saturated rings. The predicted octanol–water partition coefficient (Wildman–Crippen LogP) is 4.74. The van der Waals surface area contributed by atoms with E-state index in [4.69, 9.17) is 0 Å². The second kappa shape index (κ2) is 7.39. The highest BCUT2D eigenvalue weighted by Crippen LogP contribution is 2.17. The Kier molecular flexibility index (Phi) is 5.54. The van der Waals surface area contributed by atoms with Gasteiger partial charge in [0.1, 0.15) is 0 Å². The second-order valence-corrected chi connectivity index (χ2v) is 11.6. The quantitative estimate of drug-likeness (QED) is 0.759. The Labute approximate surface area is 129 Å². The molecule has 0 radical (unpaired) electrons. The Balaban J connectivity index is 2.03. The summed E-state index contributed by atoms with van der Waals surface area (Å²) in [6, 6.07) is 21.2. The molecule has 0 aliphatic carbocycles. The van der Waals surface area contributed by atoms with Crippen LogP contribution in [-0.2, 0) is 6.54 Å². The van der Waals surface area contributed by atoms with Crippen molar-refractivity contribution in [2.45, 2.75) is 26.2 Å². The second-order valence-electron chi connectivity index (χ2n) is 6.42. The minimum atomic E-state index is -1.31. The molecule has 0 bridgehead atoms. The molecule has 0 amide bonds. The minimum absolute atomic E-state index is 0.928. The summed E-state index contributed by atoms with van der Waals surface area (Å²) >= 11 is 0. The van der Waals surface area contributed by atoms with Crippen LogP contribution in [0, 0.1) is 0 Å². The van der Waals surface area contributed by atoms with Gasteiger partial charge in [0, 0.05) is 13.1 Å². The van der Waals surface area contributed by atoms with Gasteiger partial charge in [-0.25, -0.2) is 0 Å². The van der Waals surface area contributed by atoms with Gasteiger partial charge in [0.05, 0.1) is 8.07 Å². The molecule has 110 valence electrons. The third-order valence-corrected chi connectivity index (χ3v) is 5.84. The fourth-order valence-corrected chi connectivity index (χ4v) is 3.48. The van der Waals surface area contributed by atoms with Gasteiger partial charge < -0.3 is 5.32 Å². The number of hydrogen-bond acceptors (Lipinski definition) is 1. The van der Waals surface area contributed by atoms with E-state index in [2.05, 4.69) is 91.7 Å². The van der Waals surface area contributed by atoms with Crippen LogP contribution in [0.15, 0.2) is 65.9 Å². The topological polar surface area (TPSA) is 12.0 Å². The monoisotopic (exact) mass is 295 g/mol. The molecule has 2 heteroatoms. The minimum Gasteiger partial charge on any atom is -0.309 e. The third-order valence-electron chi connectivity index (χ3n) is 3.59. The first-order valence-electron chi connectivity index (χ1n) is 7.56. The summed E-state index contributed by atoms with van der Waals surface area (Å²) in [5.74, 6) is 0. The van der Waals surface area contributed by atoms with Crippen molar-refractivity contribution in [2.24, 2.45) is 0 Å². The Morgan fingerprint density at radius 3 is 2.05 bits per heavy atom. The first-order chi connectivity index (χ1) is 10.1. The van der Waals surface area contributed by atoms with Gasteiger partial charge in [0.2, 0.25) is 0 Å². The van der Waals surface area contributed by atoms with Crippen molar-refractivity contribution in [1.29, 1.82) is 0 Å². The maximum absolute atomic E-state index is 3.60. The van der Waals surface area contributed by atoms with Crippen molar-refractivity contribution in [3.63, 3.8) is 0 Å². The van der Waals surface area contributed by atoms with Gasteiger partial charge in [-0.15, -0.1) is 0 Å². The van der Waals surface area contributed by atoms with Crippen molar-refractivity contribution in [3.8, 4) is 0 Å². The Hall–Kier alpha value is -1.64. The molecule has 21 heavy (non-hydrogen) atoms. The van der Waals surface area contributed by atoms with E-state index < -0.39 is 8.07 Å². The van der Waals surface area contributed by atoms with E-state index in [-0.39, 0.29) is 0 Å². The van der Waals surface area contributed by atoms with Crippen molar-refractivity contribution in [1.82, 2.24) is 5.32 Å². The van der Waals surface area contributed by atoms with E-state index >= 15 is 0 Å². The van der Waals surface area contributed by atoms with E-state index in [1.54, 1.807) is 5.20 Å². The fourth-order valence-electron chi connectivity index (χ4n) is 2.22. The van der Waals surface area contributed by atoms with Crippen LogP contribution in [0.5, 0.6) is 0 Å². The molecular formula is C19H25NSi. The molecule has 0 aliphatic heterocycles. The van der Waals surface area contributed by atoms with Crippen LogP contribution in [0.2, 0.25) is 19.6 Å². The smallest absolute Gasteiger partial charge is 0.0741 e. The third kappa shape index (κ3) is 5.33. The van der Waals surface area contributed by atoms with E-state index in [0.29, 0.717) is 0 Å². The molecule has 0 aromatic heterocycles. The van der Waals surface area contributed by atoms with Crippen LogP contribution in [-0.4, -0.2) is 14.6 Å². The normalized spacial score (nSPS) is 12.4. The van der Waals surface area contributed by atoms with Crippen molar-refractivity contribution in [2.75, 3.05) is 6.54 Å². The molecular weight excluding hydrogens is 270 g/mol. The van der Waals surface area contributed by atoms with E-state index in [1.807, 2.05) is 0 Å². The Bertz CT molecular complexity index is 568. The summed E-state index contributed by atoms with van der Waals surface area (Å²) in [5.41, 5.74) is 2.64. The lowest BCUT2D eigenvalue weighted by molar-refractivity contribution is 0.752. The highest BCUT2D eigenvalue weighted by Gasteiger charge is 2.18. The molecule has 0 spiro atoms. The van der Waals surface area contributed by atoms with Crippen LogP contribution in [0.25, 0.3) is 6.08 Å². The van der Waals surface area contributed by atoms with Gasteiger partial charge in [-0.05, 0) is 11.1 Å². The average Bonchev–Trinajstić information content (AvgIpc) is 2.47. The Morgan fingerprint density at radius 2 is 1.48 bits per heavy atom. The largest absolute Gasteiger partial charge is 0.309 e. The van der Waals surface area contributed by atoms with Gasteiger partial charge in [-0.2, -0.15) is 0 Å². The van der Waals surface area contributed by atoms with Gasteiger partial charge >= 0.3 is 0 Å². The lowest BCUT2D eigenvalue weighted by Crippen LogP contribution is -2.31. The van der Waals surface area contributed by atoms with Crippen LogP contribution in [0.3, 0.4) is 0 Å². The highest BCUT2D eigenvalue weighted by atomic mass is 28.3. The molecule has 2 rings (SSSR count). The molecule has 0 unspecified atom stereocenters. The zero-order valence-corrected chi connectivity index (χ0v) is 14.3. The molecule has 0 heterocycles. The summed E-state index contributed by atoms with van der Waals surface area (Å²) < 4.78 is 0. The molecule has 1 N–H and O–H groups in total. The number of rotatable bonds is 6. The van der Waals surface area contributed by atoms with Gasteiger partial charge in [-0.1, -0.05) is 91.6 Å². The SMILES string of the molecule is C[Si](C)(C)/C(=C\c1ccccc1)CNCc1ccccc1. The van der Waals surface area contributed by atoms with E-state index in [1.165, 1.54) is 11.1 Å². The van der Waals surface area contributed by atoms with Crippen molar-refractivity contribution in [3.05, 3.63) is 77.0 Å². The average molecular weight is 296 g/mol. The number of benzene rings is 2. The van der Waals surface area contributed by atoms with Gasteiger partial charge in [-0.3, -0.25) is 0 Å². The summed E-state index contributed by atoms with van der Waals surface area (Å²) in [6.07, 6.45) is 2.37. The predicted molar refractivity (Wildman–Crippen MR) is 95.9 cm³/mol. The maximum Gasteiger partial charge on any atom is 0.0741 e. The van der Waals surface area contributed by atoms with Crippen LogP contribution in [0.1, 0.15) is 11.1 Å². The van der Waals surface area contributed by atoms with Gasteiger partial charge in [0.25, 0.3) is 0 Å². The zero-order valence-electron chi connectivity index (χ0n) is 13.3. The van der Waals surface area contributed by atoms with Crippen LogP contribution in [0.4, 0.5) is 0 Å². The van der Waals surface area contributed by atoms with E-state index in [0.717, 1.165) is 13.1 Å². The van der Waals surface area contributed by atoms with Gasteiger partial charge in [0.15, 0.2) is 0 Å². The molecule has 0 atom stereocenters. The van der Waals surface area contributed by atoms with Crippen molar-refractivity contribution >= 4 is 14.1 Å². The van der Waals surface area contributed by atoms with Crippen LogP contribution >= 0.6 is 0 Å². The fraction of sp³-hybridized carbons (Fsp3) is 0.263. The molecule has 1 nitrogen and oxygen atoms in total. The summed E-state index contributed by atoms with van der Waals surface area (Å²) in [4.78, 5) is 0. The first-order valence-corrected chi connectivity index (χ1v) is 11.1. The standard InChI is InChI=1S/C19H25NSi/c1-21(2,3)19(14-17-10-6-4-7-11-17)16-20-15-18-12-8-5-9-13-18/h4-14,20H,15-16H2,1-3H3/b19-14-. The van der Waals surface area contributed by atoms with Crippen LogP contribution < -0.4 is 5.32 Å². The molecule has 2 aromatic carbocycles. The highest BCUT2D eigenvalue weighted by molar-refractivity contribution is 6.83. The molecule has 2 aromatic rings. The van der Waals surface area contributed by atoms with Crippen molar-refractivity contribution < 1.29 is 0 Å². The van der Waals surface area contributed by atoms with E-state index in [9.17, 15) is 0 Å². The first kappa shape index (κ1) is 15.7. The molecule has 0 saturated carbocycles. The number of hydrogen-bond donors (Lipinski definition) is 1. The Morgan fingerprint density at radius 1 is 0.905 bits per heavy atom. The lowest BCUT2D eigenvalue weighted by Gasteiger charge is -2.22. The summed E-state index contributed by atoms with van der Waals surface area (Å²) in [7, 11) is -1.31. The summed E-state index contributed by atoms with van der Waals surface area (Å²) in [5, 5.41) is 5.15. The summed E-state index contributed by atoms with van der Waals surface area (Å²) in [6.45, 7) is 9.13. The molecule has 0 aliphatic rings. The number of nitrogens with one attached hydrogen (secondary N) is 1. The lowest BCUT2D eigenvalue weighted by atomic mass is 10.2. The molecule has 0 saturated heterocycles. The maximum atomic E-state index is 3.60. The zero-order chi connectivity index (χ0) is 15.1.